The topological polar surface area (TPSA) is 174 Å². The van der Waals surface area contributed by atoms with E-state index in [9.17, 15) is 22.6 Å². The number of aromatic amines is 1. The third-order valence-electron chi connectivity index (χ3n) is 4.03. The highest BCUT2D eigenvalue weighted by atomic mass is 32.2. The molecule has 1 aliphatic rings. The van der Waals surface area contributed by atoms with Crippen LogP contribution < -0.4 is 11.2 Å². The summed E-state index contributed by atoms with van der Waals surface area (Å²) < 4.78 is 52.2. The average molecular weight is 428 g/mol. The highest BCUT2D eigenvalue weighted by molar-refractivity contribution is 7.97. The van der Waals surface area contributed by atoms with E-state index in [1.807, 2.05) is 0 Å². The van der Waals surface area contributed by atoms with Crippen molar-refractivity contribution in [2.45, 2.75) is 31.0 Å². The number of methoxy groups -OCH3 is 2. The molecule has 0 spiro atoms. The molecule has 12 nitrogen and oxygen atoms in total. The van der Waals surface area contributed by atoms with Gasteiger partial charge in [-0.1, -0.05) is 0 Å². The van der Waals surface area contributed by atoms with Crippen molar-refractivity contribution < 1.29 is 37.0 Å². The van der Waals surface area contributed by atoms with Gasteiger partial charge in [0.05, 0.1) is 11.9 Å². The molecule has 154 valence electrons. The van der Waals surface area contributed by atoms with Crippen LogP contribution in [-0.2, 0) is 28.6 Å². The predicted octanol–water partition coefficient (Wildman–Crippen LogP) is -1.60. The quantitative estimate of drug-likeness (QED) is 0.409. The Labute approximate surface area is 154 Å². The molecule has 0 bridgehead atoms. The maximum Gasteiger partial charge on any atom is 0.340 e. The number of nitrogens with zero attached hydrogens (tertiary/aromatic N) is 1. The van der Waals surface area contributed by atoms with Gasteiger partial charge in [0.25, 0.3) is 5.56 Å². The lowest BCUT2D eigenvalue weighted by Crippen LogP contribution is -2.39. The van der Waals surface area contributed by atoms with Gasteiger partial charge in [-0.15, -0.1) is 0 Å². The molecule has 0 aliphatic carbocycles. The molecule has 1 fully saturated rings. The molecule has 1 aliphatic heterocycles. The number of hydrogen-bond acceptors (Lipinski definition) is 8. The highest BCUT2D eigenvalue weighted by Crippen LogP contribution is 2.37. The summed E-state index contributed by atoms with van der Waals surface area (Å²) in [5, 5.41) is 0. The molecular weight excluding hydrogens is 407 g/mol. The Morgan fingerprint density at radius 2 is 1.89 bits per heavy atom. The molecule has 3 N–H and O–H groups in total. The van der Waals surface area contributed by atoms with E-state index in [0.717, 1.165) is 10.6 Å². The van der Waals surface area contributed by atoms with Gasteiger partial charge in [-0.05, 0) is 6.42 Å². The standard InChI is InChI=1S/C13H21N2O10PS/c1-23-10-8(4-6-27(21,22)7-26(18,19)20)25-12(11(10)24-2)15-5-3-9(16)14-13(15)17/h3,5,8,10-12H,4,6-7H2,1-2H3,(H,14,16,17)(H2,18,19,20)/t8?,10-,11-,12-/m1/s1. The molecule has 2 heterocycles. The summed E-state index contributed by atoms with van der Waals surface area (Å²) in [5.74, 6) is -0.549. The minimum absolute atomic E-state index is 0.130. The van der Waals surface area contributed by atoms with E-state index in [4.69, 9.17) is 24.0 Å². The van der Waals surface area contributed by atoms with Crippen LogP contribution in [0.2, 0.25) is 0 Å². The van der Waals surface area contributed by atoms with E-state index >= 15 is 0 Å². The molecular formula is C13H21N2O10PS. The summed E-state index contributed by atoms with van der Waals surface area (Å²) in [5.41, 5.74) is -2.59. The molecule has 1 unspecified atom stereocenters. The molecule has 1 aromatic rings. The lowest BCUT2D eigenvalue weighted by molar-refractivity contribution is -0.0558. The normalized spacial score (nSPS) is 26.4. The lowest BCUT2D eigenvalue weighted by Gasteiger charge is -2.22. The van der Waals surface area contributed by atoms with Gasteiger partial charge in [0.15, 0.2) is 21.6 Å². The van der Waals surface area contributed by atoms with E-state index in [1.165, 1.54) is 20.4 Å². The minimum atomic E-state index is -4.72. The van der Waals surface area contributed by atoms with Crippen LogP contribution in [0.15, 0.2) is 21.9 Å². The first-order chi connectivity index (χ1) is 12.5. The summed E-state index contributed by atoms with van der Waals surface area (Å²) in [6.07, 6.45) is -2.25. The van der Waals surface area contributed by atoms with Crippen LogP contribution >= 0.6 is 7.60 Å². The van der Waals surface area contributed by atoms with Gasteiger partial charge >= 0.3 is 13.3 Å². The molecule has 1 aromatic heterocycles. The van der Waals surface area contributed by atoms with Crippen LogP contribution in [0.1, 0.15) is 12.6 Å². The first-order valence-corrected chi connectivity index (χ1v) is 11.4. The van der Waals surface area contributed by atoms with Gasteiger partial charge in [0, 0.05) is 26.5 Å². The van der Waals surface area contributed by atoms with Crippen LogP contribution in [0.25, 0.3) is 0 Å². The summed E-state index contributed by atoms with van der Waals surface area (Å²) in [6, 6.07) is 1.12. The van der Waals surface area contributed by atoms with Crippen molar-refractivity contribution >= 4 is 17.4 Å². The van der Waals surface area contributed by atoms with E-state index < -0.39 is 64.5 Å². The molecule has 2 rings (SSSR count). The SMILES string of the molecule is CO[C@@H]1[C@H](OC)C(CCS(=O)(=O)CP(=O)(O)O)O[C@H]1n1ccc(=O)[nH]c1=O. The molecule has 14 heteroatoms. The van der Waals surface area contributed by atoms with Crippen LogP contribution in [0.3, 0.4) is 0 Å². The zero-order valence-electron chi connectivity index (χ0n) is 14.5. The Balaban J connectivity index is 2.22. The molecule has 0 amide bonds. The fraction of sp³-hybridized carbons (Fsp3) is 0.692. The average Bonchev–Trinajstić information content (AvgIpc) is 2.88. The zero-order valence-corrected chi connectivity index (χ0v) is 16.3. The number of ether oxygens (including phenoxy) is 3. The summed E-state index contributed by atoms with van der Waals surface area (Å²) in [4.78, 5) is 43.0. The Bertz CT molecular complexity index is 920. The van der Waals surface area contributed by atoms with Crippen molar-refractivity contribution in [1.29, 1.82) is 0 Å². The second kappa shape index (κ2) is 8.35. The van der Waals surface area contributed by atoms with Crippen molar-refractivity contribution in [2.75, 3.05) is 25.5 Å². The van der Waals surface area contributed by atoms with E-state index in [1.54, 1.807) is 0 Å². The van der Waals surface area contributed by atoms with Crippen molar-refractivity contribution in [2.24, 2.45) is 0 Å². The van der Waals surface area contributed by atoms with Crippen LogP contribution in [0.4, 0.5) is 0 Å². The third-order valence-corrected chi connectivity index (χ3v) is 7.81. The van der Waals surface area contributed by atoms with Crippen molar-refractivity contribution in [3.05, 3.63) is 33.1 Å². The van der Waals surface area contributed by atoms with Crippen LogP contribution in [-0.4, -0.2) is 71.5 Å². The molecule has 0 aromatic carbocycles. The largest absolute Gasteiger partial charge is 0.376 e. The number of sulfone groups is 1. The number of H-pyrrole nitrogens is 1. The van der Waals surface area contributed by atoms with E-state index in [0.29, 0.717) is 0 Å². The Kier molecular flexibility index (Phi) is 6.79. The number of aromatic nitrogens is 2. The summed E-state index contributed by atoms with van der Waals surface area (Å²) >= 11 is 0. The van der Waals surface area contributed by atoms with Crippen LogP contribution in [0.5, 0.6) is 0 Å². The van der Waals surface area contributed by atoms with Crippen molar-refractivity contribution in [3.8, 4) is 0 Å². The third kappa shape index (κ3) is 5.57. The van der Waals surface area contributed by atoms with Gasteiger partial charge in [-0.25, -0.2) is 13.2 Å². The van der Waals surface area contributed by atoms with E-state index in [2.05, 4.69) is 4.98 Å². The zero-order chi connectivity index (χ0) is 20.4. The van der Waals surface area contributed by atoms with Crippen molar-refractivity contribution in [1.82, 2.24) is 9.55 Å². The Hall–Kier alpha value is -1.34. The number of nitrogens with one attached hydrogen (secondary N) is 1. The summed E-state index contributed by atoms with van der Waals surface area (Å²) in [6.45, 7) is 0. The van der Waals surface area contributed by atoms with Gasteiger partial charge in [0.1, 0.15) is 12.2 Å². The molecule has 0 radical (unpaired) electrons. The first-order valence-electron chi connectivity index (χ1n) is 7.75. The smallest absolute Gasteiger partial charge is 0.340 e. The van der Waals surface area contributed by atoms with Gasteiger partial charge in [-0.2, -0.15) is 0 Å². The molecule has 0 saturated carbocycles. The second-order valence-corrected chi connectivity index (χ2v) is 10.3. The number of hydrogen-bond donors (Lipinski definition) is 3. The highest BCUT2D eigenvalue weighted by Gasteiger charge is 2.47. The fourth-order valence-electron chi connectivity index (χ4n) is 2.94. The Morgan fingerprint density at radius 3 is 2.41 bits per heavy atom. The Morgan fingerprint density at radius 1 is 1.26 bits per heavy atom. The van der Waals surface area contributed by atoms with Crippen molar-refractivity contribution in [3.63, 3.8) is 0 Å². The first kappa shape index (κ1) is 22.0. The van der Waals surface area contributed by atoms with E-state index in [-0.39, 0.29) is 6.42 Å². The summed E-state index contributed by atoms with van der Waals surface area (Å²) in [7, 11) is -6.04. The second-order valence-electron chi connectivity index (χ2n) is 6.01. The molecule has 1 saturated heterocycles. The monoisotopic (exact) mass is 428 g/mol. The lowest BCUT2D eigenvalue weighted by atomic mass is 10.1. The number of rotatable bonds is 8. The maximum absolute atomic E-state index is 12.0. The van der Waals surface area contributed by atoms with Gasteiger partial charge < -0.3 is 24.0 Å². The predicted molar refractivity (Wildman–Crippen MR) is 92.1 cm³/mol. The molecule has 4 atom stereocenters. The minimum Gasteiger partial charge on any atom is -0.376 e. The fourth-order valence-corrected chi connectivity index (χ4v) is 6.10. The van der Waals surface area contributed by atoms with Crippen LogP contribution in [0, 0.1) is 0 Å². The van der Waals surface area contributed by atoms with Gasteiger partial charge in [0.2, 0.25) is 0 Å². The molecule has 27 heavy (non-hydrogen) atoms. The maximum atomic E-state index is 12.0. The van der Waals surface area contributed by atoms with Gasteiger partial charge in [-0.3, -0.25) is 18.9 Å².